The molecule has 3 aromatic rings. The van der Waals surface area contributed by atoms with Crippen molar-refractivity contribution in [3.63, 3.8) is 0 Å². The van der Waals surface area contributed by atoms with Crippen molar-refractivity contribution in [1.29, 1.82) is 0 Å². The van der Waals surface area contributed by atoms with Gasteiger partial charge in [-0.3, -0.25) is 4.79 Å². The molecule has 2 N–H and O–H groups in total. The third kappa shape index (κ3) is 5.52. The van der Waals surface area contributed by atoms with Gasteiger partial charge in [0.1, 0.15) is 11.0 Å². The number of fused-ring (bicyclic) bond motifs is 1. The number of sulfonamides is 1. The standard InChI is InChI=1S/C23H25N3O5S2/c1-15(2)21(22(27)25-17-6-3-5-16(13-17)23-24-9-12-32-23)26-33(28,29)18-7-8-19-20(14-18)31-11-4-10-30-19/h3,5-9,12-15,21,26H,4,10-11H2,1-2H3,(H,25,27). The number of hydrogen-bond donors (Lipinski definition) is 2. The van der Waals surface area contributed by atoms with Gasteiger partial charge in [0.15, 0.2) is 11.5 Å². The first-order chi connectivity index (χ1) is 15.8. The van der Waals surface area contributed by atoms with Crippen LogP contribution in [0, 0.1) is 5.92 Å². The number of hydrogen-bond acceptors (Lipinski definition) is 7. The van der Waals surface area contributed by atoms with Gasteiger partial charge in [-0.2, -0.15) is 4.72 Å². The van der Waals surface area contributed by atoms with Crippen molar-refractivity contribution in [3.8, 4) is 22.1 Å². The molecule has 33 heavy (non-hydrogen) atoms. The number of anilines is 1. The zero-order valence-corrected chi connectivity index (χ0v) is 19.9. The topological polar surface area (TPSA) is 107 Å². The lowest BCUT2D eigenvalue weighted by Gasteiger charge is -2.22. The number of ether oxygens (including phenoxy) is 2. The smallest absolute Gasteiger partial charge is 0.242 e. The number of nitrogens with zero attached hydrogens (tertiary/aromatic N) is 1. The molecule has 0 fully saturated rings. The van der Waals surface area contributed by atoms with Crippen LogP contribution < -0.4 is 19.5 Å². The Balaban J connectivity index is 1.52. The lowest BCUT2D eigenvalue weighted by atomic mass is 10.0. The summed E-state index contributed by atoms with van der Waals surface area (Å²) in [5.41, 5.74) is 1.44. The number of rotatable bonds is 7. The van der Waals surface area contributed by atoms with Gasteiger partial charge in [-0.1, -0.05) is 26.0 Å². The molecule has 8 nitrogen and oxygen atoms in total. The van der Waals surface area contributed by atoms with E-state index >= 15 is 0 Å². The minimum atomic E-state index is -3.99. The normalized spacial score (nSPS) is 14.5. The number of thiazole rings is 1. The van der Waals surface area contributed by atoms with Crippen LogP contribution in [0.25, 0.3) is 10.6 Å². The SMILES string of the molecule is CC(C)C(NS(=O)(=O)c1ccc2c(c1)OCCCO2)C(=O)Nc1cccc(-c2nccs2)c1. The van der Waals surface area contributed by atoms with E-state index in [9.17, 15) is 13.2 Å². The highest BCUT2D eigenvalue weighted by Crippen LogP contribution is 2.32. The number of nitrogens with one attached hydrogen (secondary N) is 2. The molecule has 10 heteroatoms. The third-order valence-electron chi connectivity index (χ3n) is 5.07. The molecule has 0 spiro atoms. The Hall–Kier alpha value is -2.95. The molecule has 1 amide bonds. The number of carbonyl (C=O) groups excluding carboxylic acids is 1. The largest absolute Gasteiger partial charge is 0.490 e. The number of carbonyl (C=O) groups is 1. The van der Waals surface area contributed by atoms with E-state index in [1.165, 1.54) is 23.5 Å². The summed E-state index contributed by atoms with van der Waals surface area (Å²) in [5.74, 6) is 0.145. The fraction of sp³-hybridized carbons (Fsp3) is 0.304. The van der Waals surface area contributed by atoms with Gasteiger partial charge in [-0.05, 0) is 30.2 Å². The van der Waals surface area contributed by atoms with E-state index in [4.69, 9.17) is 9.47 Å². The summed E-state index contributed by atoms with van der Waals surface area (Å²) in [7, 11) is -3.99. The van der Waals surface area contributed by atoms with Crippen molar-refractivity contribution in [2.24, 2.45) is 5.92 Å². The molecule has 1 aliphatic rings. The first kappa shape index (κ1) is 23.2. The van der Waals surface area contributed by atoms with Crippen molar-refractivity contribution < 1.29 is 22.7 Å². The highest BCUT2D eigenvalue weighted by atomic mass is 32.2. The average molecular weight is 488 g/mol. The predicted octanol–water partition coefficient (Wildman–Crippen LogP) is 3.91. The predicted molar refractivity (Wildman–Crippen MR) is 127 cm³/mol. The summed E-state index contributed by atoms with van der Waals surface area (Å²) in [6.45, 7) is 4.52. The fourth-order valence-electron chi connectivity index (χ4n) is 3.35. The van der Waals surface area contributed by atoms with E-state index in [0.29, 0.717) is 36.8 Å². The molecule has 174 valence electrons. The molecule has 2 aromatic carbocycles. The first-order valence-corrected chi connectivity index (χ1v) is 12.9. The van der Waals surface area contributed by atoms with Crippen LogP contribution in [0.2, 0.25) is 0 Å². The van der Waals surface area contributed by atoms with Crippen molar-refractivity contribution in [3.05, 3.63) is 54.0 Å². The molecular weight excluding hydrogens is 462 g/mol. The van der Waals surface area contributed by atoms with Gasteiger partial charge in [0, 0.05) is 35.3 Å². The summed E-state index contributed by atoms with van der Waals surface area (Å²) < 4.78 is 39.9. The Morgan fingerprint density at radius 2 is 1.88 bits per heavy atom. The van der Waals surface area contributed by atoms with Crippen LogP contribution >= 0.6 is 11.3 Å². The summed E-state index contributed by atoms with van der Waals surface area (Å²) in [5, 5.41) is 5.54. The summed E-state index contributed by atoms with van der Waals surface area (Å²) in [6, 6.07) is 10.8. The third-order valence-corrected chi connectivity index (χ3v) is 7.33. The van der Waals surface area contributed by atoms with E-state index in [-0.39, 0.29) is 10.8 Å². The molecular formula is C23H25N3O5S2. The molecule has 0 aliphatic carbocycles. The van der Waals surface area contributed by atoms with Gasteiger partial charge in [0.2, 0.25) is 15.9 Å². The highest BCUT2D eigenvalue weighted by molar-refractivity contribution is 7.89. The van der Waals surface area contributed by atoms with E-state index < -0.39 is 22.0 Å². The molecule has 0 bridgehead atoms. The molecule has 0 radical (unpaired) electrons. The lowest BCUT2D eigenvalue weighted by molar-refractivity contribution is -0.118. The minimum absolute atomic E-state index is 0.0102. The molecule has 2 heterocycles. The van der Waals surface area contributed by atoms with Gasteiger partial charge in [0.25, 0.3) is 0 Å². The second kappa shape index (κ2) is 9.90. The molecule has 1 unspecified atom stereocenters. The lowest BCUT2D eigenvalue weighted by Crippen LogP contribution is -2.47. The zero-order chi connectivity index (χ0) is 23.4. The van der Waals surface area contributed by atoms with Crippen molar-refractivity contribution in [1.82, 2.24) is 9.71 Å². The monoisotopic (exact) mass is 487 g/mol. The Labute approximate surface area is 197 Å². The summed E-state index contributed by atoms with van der Waals surface area (Å²) in [4.78, 5) is 17.3. The first-order valence-electron chi connectivity index (χ1n) is 10.6. The summed E-state index contributed by atoms with van der Waals surface area (Å²) >= 11 is 1.50. The van der Waals surface area contributed by atoms with Crippen LogP contribution in [0.1, 0.15) is 20.3 Å². The highest BCUT2D eigenvalue weighted by Gasteiger charge is 2.29. The molecule has 1 atom stereocenters. The Morgan fingerprint density at radius 1 is 1.09 bits per heavy atom. The van der Waals surface area contributed by atoms with E-state index in [1.807, 2.05) is 23.6 Å². The van der Waals surface area contributed by atoms with Gasteiger partial charge < -0.3 is 14.8 Å². The van der Waals surface area contributed by atoms with E-state index in [1.54, 1.807) is 32.2 Å². The van der Waals surface area contributed by atoms with Crippen LogP contribution in [0.5, 0.6) is 11.5 Å². The van der Waals surface area contributed by atoms with E-state index in [2.05, 4.69) is 15.0 Å². The van der Waals surface area contributed by atoms with Crippen LogP contribution in [-0.2, 0) is 14.8 Å². The fourth-order valence-corrected chi connectivity index (χ4v) is 5.35. The molecule has 1 aliphatic heterocycles. The zero-order valence-electron chi connectivity index (χ0n) is 18.3. The molecule has 4 rings (SSSR count). The van der Waals surface area contributed by atoms with Crippen LogP contribution in [0.4, 0.5) is 5.69 Å². The minimum Gasteiger partial charge on any atom is -0.490 e. The van der Waals surface area contributed by atoms with Crippen molar-refractivity contribution in [2.45, 2.75) is 31.2 Å². The van der Waals surface area contributed by atoms with Crippen LogP contribution in [0.15, 0.2) is 58.9 Å². The van der Waals surface area contributed by atoms with Crippen LogP contribution in [-0.4, -0.2) is 38.6 Å². The van der Waals surface area contributed by atoms with Gasteiger partial charge in [-0.25, -0.2) is 13.4 Å². The molecule has 1 aromatic heterocycles. The van der Waals surface area contributed by atoms with Gasteiger partial charge in [-0.15, -0.1) is 11.3 Å². The average Bonchev–Trinajstić information content (AvgIpc) is 3.23. The quantitative estimate of drug-likeness (QED) is 0.523. The van der Waals surface area contributed by atoms with Gasteiger partial charge >= 0.3 is 0 Å². The number of benzene rings is 2. The van der Waals surface area contributed by atoms with Crippen molar-refractivity contribution >= 4 is 33.0 Å². The maximum atomic E-state index is 13.1. The van der Waals surface area contributed by atoms with Crippen molar-refractivity contribution in [2.75, 3.05) is 18.5 Å². The molecule has 0 saturated heterocycles. The Kier molecular flexibility index (Phi) is 6.96. The summed E-state index contributed by atoms with van der Waals surface area (Å²) in [6.07, 6.45) is 2.43. The maximum absolute atomic E-state index is 13.1. The Bertz CT molecular complexity index is 1230. The maximum Gasteiger partial charge on any atom is 0.242 e. The Morgan fingerprint density at radius 3 is 2.61 bits per heavy atom. The number of amides is 1. The second-order valence-electron chi connectivity index (χ2n) is 7.91. The van der Waals surface area contributed by atoms with Gasteiger partial charge in [0.05, 0.1) is 18.1 Å². The molecule has 0 saturated carbocycles. The number of aromatic nitrogens is 1. The second-order valence-corrected chi connectivity index (χ2v) is 10.5. The van der Waals surface area contributed by atoms with Crippen LogP contribution in [0.3, 0.4) is 0 Å². The van der Waals surface area contributed by atoms with E-state index in [0.717, 1.165) is 10.6 Å².